The number of nitrogens with one attached hydrogen (secondary N) is 1. The van der Waals surface area contributed by atoms with Crippen LogP contribution in [0.25, 0.3) is 10.1 Å². The van der Waals surface area contributed by atoms with Gasteiger partial charge >= 0.3 is 11.9 Å². The van der Waals surface area contributed by atoms with E-state index >= 15 is 0 Å². The number of ether oxygens (including phenoxy) is 2. The Balaban J connectivity index is 1.70. The Morgan fingerprint density at radius 3 is 2.52 bits per heavy atom. The predicted molar refractivity (Wildman–Crippen MR) is 106 cm³/mol. The Bertz CT molecular complexity index is 1050. The highest BCUT2D eigenvalue weighted by Crippen LogP contribution is 2.34. The summed E-state index contributed by atoms with van der Waals surface area (Å²) in [5, 5.41) is 2.68. The average Bonchev–Trinajstić information content (AvgIpc) is 3.11. The van der Waals surface area contributed by atoms with E-state index in [9.17, 15) is 18.8 Å². The monoisotopic (exact) mass is 415 g/mol. The number of halogens is 1. The second-order valence-electron chi connectivity index (χ2n) is 5.95. The molecule has 0 fully saturated rings. The molecule has 0 aliphatic carbocycles. The Morgan fingerprint density at radius 1 is 1.03 bits per heavy atom. The van der Waals surface area contributed by atoms with Gasteiger partial charge in [0.05, 0.1) is 6.61 Å². The van der Waals surface area contributed by atoms with Crippen LogP contribution in [0.5, 0.6) is 0 Å². The maximum atomic E-state index is 14.3. The Hall–Kier alpha value is -3.26. The fourth-order valence-corrected chi connectivity index (χ4v) is 3.83. The van der Waals surface area contributed by atoms with Crippen molar-refractivity contribution in [2.75, 3.05) is 13.2 Å². The minimum atomic E-state index is -0.709. The van der Waals surface area contributed by atoms with Crippen LogP contribution in [0.1, 0.15) is 32.5 Å². The van der Waals surface area contributed by atoms with Gasteiger partial charge in [0.1, 0.15) is 23.8 Å². The Labute approximate surface area is 170 Å². The number of carbonyl (C=O) groups is 3. The van der Waals surface area contributed by atoms with Crippen LogP contribution in [-0.2, 0) is 20.9 Å². The highest BCUT2D eigenvalue weighted by atomic mass is 32.1. The van der Waals surface area contributed by atoms with Gasteiger partial charge in [0.2, 0.25) is 0 Å². The normalized spacial score (nSPS) is 10.6. The molecule has 0 radical (unpaired) electrons. The molecule has 0 saturated carbocycles. The van der Waals surface area contributed by atoms with E-state index in [1.165, 1.54) is 12.1 Å². The zero-order valence-corrected chi connectivity index (χ0v) is 16.4. The van der Waals surface area contributed by atoms with Crippen molar-refractivity contribution in [2.45, 2.75) is 13.5 Å². The molecule has 1 amide bonds. The van der Waals surface area contributed by atoms with Crippen molar-refractivity contribution in [1.82, 2.24) is 5.32 Å². The first-order valence-corrected chi connectivity index (χ1v) is 9.68. The zero-order valence-electron chi connectivity index (χ0n) is 15.6. The number of carbonyl (C=O) groups excluding carboxylic acids is 3. The lowest BCUT2D eigenvalue weighted by molar-refractivity contribution is -0.143. The van der Waals surface area contributed by atoms with Gasteiger partial charge in [-0.1, -0.05) is 24.3 Å². The standard InChI is InChI=1S/C21H18FNO5S/c1-2-27-21(26)19-14(18-15(22)9-6-10-16(18)29-19)12-28-17(24)11-23-20(25)13-7-4-3-5-8-13/h3-10H,2,11-12H2,1H3,(H,23,25). The molecular weight excluding hydrogens is 397 g/mol. The van der Waals surface area contributed by atoms with Crippen molar-refractivity contribution in [3.63, 3.8) is 0 Å². The first-order valence-electron chi connectivity index (χ1n) is 8.87. The second-order valence-corrected chi connectivity index (χ2v) is 7.00. The second kappa shape index (κ2) is 9.29. The summed E-state index contributed by atoms with van der Waals surface area (Å²) >= 11 is 1.08. The van der Waals surface area contributed by atoms with Crippen LogP contribution in [0, 0.1) is 5.82 Å². The molecule has 0 saturated heterocycles. The lowest BCUT2D eigenvalue weighted by Gasteiger charge is -2.08. The fraction of sp³-hybridized carbons (Fsp3) is 0.190. The van der Waals surface area contributed by atoms with Crippen molar-refractivity contribution in [2.24, 2.45) is 0 Å². The first kappa shape index (κ1) is 20.5. The molecule has 3 rings (SSSR count). The topological polar surface area (TPSA) is 81.7 Å². The summed E-state index contributed by atoms with van der Waals surface area (Å²) in [6, 6.07) is 12.9. The fourth-order valence-electron chi connectivity index (χ4n) is 2.71. The predicted octanol–water partition coefficient (Wildman–Crippen LogP) is 3.69. The van der Waals surface area contributed by atoms with Gasteiger partial charge in [0, 0.05) is 21.2 Å². The van der Waals surface area contributed by atoms with E-state index in [2.05, 4.69) is 5.32 Å². The third-order valence-corrected chi connectivity index (χ3v) is 5.21. The van der Waals surface area contributed by atoms with Crippen LogP contribution in [0.3, 0.4) is 0 Å². The van der Waals surface area contributed by atoms with Gasteiger partial charge in [0.25, 0.3) is 5.91 Å². The molecule has 0 atom stereocenters. The molecule has 0 unspecified atom stereocenters. The van der Waals surface area contributed by atoms with Gasteiger partial charge in [-0.05, 0) is 31.2 Å². The number of benzene rings is 2. The summed E-state index contributed by atoms with van der Waals surface area (Å²) in [5.41, 5.74) is 0.667. The highest BCUT2D eigenvalue weighted by molar-refractivity contribution is 7.21. The van der Waals surface area contributed by atoms with Gasteiger partial charge in [-0.25, -0.2) is 9.18 Å². The van der Waals surface area contributed by atoms with Crippen LogP contribution >= 0.6 is 11.3 Å². The minimum Gasteiger partial charge on any atom is -0.462 e. The molecule has 0 spiro atoms. The Morgan fingerprint density at radius 2 is 1.79 bits per heavy atom. The molecule has 1 heterocycles. The van der Waals surface area contributed by atoms with Gasteiger partial charge < -0.3 is 14.8 Å². The minimum absolute atomic E-state index is 0.167. The lowest BCUT2D eigenvalue weighted by Crippen LogP contribution is -2.30. The molecule has 3 aromatic rings. The number of amides is 1. The van der Waals surface area contributed by atoms with Crippen molar-refractivity contribution in [3.05, 3.63) is 70.4 Å². The molecule has 150 valence electrons. The number of esters is 2. The lowest BCUT2D eigenvalue weighted by atomic mass is 10.1. The molecule has 0 aliphatic heterocycles. The maximum Gasteiger partial charge on any atom is 0.348 e. The van der Waals surface area contributed by atoms with E-state index in [0.717, 1.165) is 11.3 Å². The quantitative estimate of drug-likeness (QED) is 0.595. The third kappa shape index (κ3) is 4.78. The molecule has 1 aromatic heterocycles. The van der Waals surface area contributed by atoms with E-state index < -0.39 is 23.7 Å². The average molecular weight is 415 g/mol. The SMILES string of the molecule is CCOC(=O)c1sc2cccc(F)c2c1COC(=O)CNC(=O)c1ccccc1. The van der Waals surface area contributed by atoms with Crippen LogP contribution in [-0.4, -0.2) is 31.0 Å². The van der Waals surface area contributed by atoms with Crippen LogP contribution < -0.4 is 5.32 Å². The smallest absolute Gasteiger partial charge is 0.348 e. The van der Waals surface area contributed by atoms with Crippen LogP contribution in [0.2, 0.25) is 0 Å². The molecular formula is C21H18FNO5S. The largest absolute Gasteiger partial charge is 0.462 e. The van der Waals surface area contributed by atoms with E-state index in [1.54, 1.807) is 43.3 Å². The zero-order chi connectivity index (χ0) is 20.8. The summed E-state index contributed by atoms with van der Waals surface area (Å²) in [6.07, 6.45) is 0. The summed E-state index contributed by atoms with van der Waals surface area (Å²) in [4.78, 5) is 36.5. The molecule has 8 heteroatoms. The van der Waals surface area contributed by atoms with Gasteiger partial charge in [-0.3, -0.25) is 9.59 Å². The van der Waals surface area contributed by atoms with Crippen LogP contribution in [0.15, 0.2) is 48.5 Å². The van der Waals surface area contributed by atoms with Crippen molar-refractivity contribution >= 4 is 39.3 Å². The van der Waals surface area contributed by atoms with Crippen LogP contribution in [0.4, 0.5) is 4.39 Å². The van der Waals surface area contributed by atoms with E-state index in [0.29, 0.717) is 10.3 Å². The number of fused-ring (bicyclic) bond motifs is 1. The highest BCUT2D eigenvalue weighted by Gasteiger charge is 2.23. The number of hydrogen-bond donors (Lipinski definition) is 1. The number of thiophene rings is 1. The van der Waals surface area contributed by atoms with Gasteiger partial charge in [0.15, 0.2) is 0 Å². The van der Waals surface area contributed by atoms with Crippen molar-refractivity contribution in [1.29, 1.82) is 0 Å². The van der Waals surface area contributed by atoms with Crippen molar-refractivity contribution in [3.8, 4) is 0 Å². The third-order valence-electron chi connectivity index (χ3n) is 4.03. The van der Waals surface area contributed by atoms with E-state index in [4.69, 9.17) is 9.47 Å². The van der Waals surface area contributed by atoms with E-state index in [-0.39, 0.29) is 35.6 Å². The number of hydrogen-bond acceptors (Lipinski definition) is 6. The molecule has 0 aliphatic rings. The molecule has 0 bridgehead atoms. The summed E-state index contributed by atoms with van der Waals surface area (Å²) in [6.45, 7) is 1.17. The molecule has 1 N–H and O–H groups in total. The summed E-state index contributed by atoms with van der Waals surface area (Å²) < 4.78 is 25.1. The maximum absolute atomic E-state index is 14.3. The molecule has 29 heavy (non-hydrogen) atoms. The summed E-state index contributed by atoms with van der Waals surface area (Å²) in [5.74, 6) is -2.24. The molecule has 6 nitrogen and oxygen atoms in total. The first-order chi connectivity index (χ1) is 14.0. The molecule has 2 aromatic carbocycles. The van der Waals surface area contributed by atoms with E-state index in [1.807, 2.05) is 0 Å². The summed E-state index contributed by atoms with van der Waals surface area (Å²) in [7, 11) is 0. The van der Waals surface area contributed by atoms with Crippen molar-refractivity contribution < 1.29 is 28.2 Å². The number of rotatable bonds is 7. The van der Waals surface area contributed by atoms with Gasteiger partial charge in [-0.15, -0.1) is 11.3 Å². The van der Waals surface area contributed by atoms with Gasteiger partial charge in [-0.2, -0.15) is 0 Å². The Kier molecular flexibility index (Phi) is 6.56.